The molecule has 1 heterocycles. The van der Waals surface area contributed by atoms with Gasteiger partial charge in [-0.25, -0.2) is 4.39 Å². The SMILES string of the molecule is CC(=O)Oc1c(C)n(C(=O)c2ccc(OC(F)(F)F)cc2)c2cc(C3CCC3)c(O)c(F)c12. The lowest BCUT2D eigenvalue weighted by molar-refractivity contribution is -0.274. The molecular formula is C23H19F4NO5. The van der Waals surface area contributed by atoms with Gasteiger partial charge in [-0.3, -0.25) is 14.2 Å². The third-order valence-corrected chi connectivity index (χ3v) is 5.71. The van der Waals surface area contributed by atoms with Crippen molar-refractivity contribution < 1.29 is 41.7 Å². The summed E-state index contributed by atoms with van der Waals surface area (Å²) in [5, 5.41) is 10.2. The summed E-state index contributed by atoms with van der Waals surface area (Å²) in [6.45, 7) is 2.56. The second-order valence-electron chi connectivity index (χ2n) is 7.87. The Kier molecular flexibility index (Phi) is 5.55. The fraction of sp³-hybridized carbons (Fsp3) is 0.304. The number of hydrogen-bond donors (Lipinski definition) is 1. The average molecular weight is 465 g/mol. The molecule has 1 aliphatic rings. The Bertz CT molecular complexity index is 1260. The summed E-state index contributed by atoms with van der Waals surface area (Å²) in [5.74, 6) is -3.78. The molecule has 2 aromatic carbocycles. The second kappa shape index (κ2) is 8.09. The number of esters is 1. The summed E-state index contributed by atoms with van der Waals surface area (Å²) in [4.78, 5) is 24.9. The first-order chi connectivity index (χ1) is 15.5. The van der Waals surface area contributed by atoms with E-state index in [0.29, 0.717) is 5.56 Å². The Hall–Kier alpha value is -3.56. The number of aromatic hydroxyl groups is 1. The minimum atomic E-state index is -4.88. The smallest absolute Gasteiger partial charge is 0.505 e. The Balaban J connectivity index is 1.87. The summed E-state index contributed by atoms with van der Waals surface area (Å²) in [6, 6.07) is 5.76. The Morgan fingerprint density at radius 3 is 2.30 bits per heavy atom. The van der Waals surface area contributed by atoms with E-state index >= 15 is 4.39 Å². The van der Waals surface area contributed by atoms with Crippen LogP contribution < -0.4 is 9.47 Å². The molecule has 1 fully saturated rings. The van der Waals surface area contributed by atoms with E-state index in [4.69, 9.17) is 4.74 Å². The summed E-state index contributed by atoms with van der Waals surface area (Å²) in [6.07, 6.45) is -2.45. The van der Waals surface area contributed by atoms with Crippen molar-refractivity contribution >= 4 is 22.8 Å². The third-order valence-electron chi connectivity index (χ3n) is 5.71. The van der Waals surface area contributed by atoms with Crippen LogP contribution in [0.25, 0.3) is 10.9 Å². The maximum absolute atomic E-state index is 15.3. The van der Waals surface area contributed by atoms with Gasteiger partial charge in [0, 0.05) is 18.1 Å². The zero-order chi connectivity index (χ0) is 24.1. The molecule has 1 aromatic heterocycles. The van der Waals surface area contributed by atoms with Gasteiger partial charge in [-0.1, -0.05) is 6.42 Å². The number of phenolic OH excluding ortho intramolecular Hbond substituents is 1. The van der Waals surface area contributed by atoms with Crippen LogP contribution in [0.2, 0.25) is 0 Å². The van der Waals surface area contributed by atoms with Gasteiger partial charge in [0.05, 0.1) is 16.6 Å². The molecule has 1 saturated carbocycles. The van der Waals surface area contributed by atoms with Gasteiger partial charge in [0.15, 0.2) is 17.3 Å². The first kappa shape index (κ1) is 22.6. The molecule has 4 rings (SSSR count). The van der Waals surface area contributed by atoms with Gasteiger partial charge in [0.1, 0.15) is 5.75 Å². The fourth-order valence-electron chi connectivity index (χ4n) is 3.99. The number of carbonyl (C=O) groups excluding carboxylic acids is 2. The number of benzene rings is 2. The molecule has 0 unspecified atom stereocenters. The summed E-state index contributed by atoms with van der Waals surface area (Å²) < 4.78 is 62.6. The highest BCUT2D eigenvalue weighted by molar-refractivity contribution is 6.06. The summed E-state index contributed by atoms with van der Waals surface area (Å²) in [5.41, 5.74) is 0.533. The molecule has 0 saturated heterocycles. The number of ether oxygens (including phenoxy) is 2. The van der Waals surface area contributed by atoms with Gasteiger partial charge < -0.3 is 14.6 Å². The van der Waals surface area contributed by atoms with Gasteiger partial charge in [-0.15, -0.1) is 13.2 Å². The van der Waals surface area contributed by atoms with Crippen LogP contribution in [0.4, 0.5) is 17.6 Å². The first-order valence-corrected chi connectivity index (χ1v) is 10.1. The van der Waals surface area contributed by atoms with Crippen molar-refractivity contribution in [2.75, 3.05) is 0 Å². The van der Waals surface area contributed by atoms with Gasteiger partial charge in [0.25, 0.3) is 5.91 Å². The zero-order valence-electron chi connectivity index (χ0n) is 17.6. The van der Waals surface area contributed by atoms with E-state index in [9.17, 15) is 27.9 Å². The predicted molar refractivity (Wildman–Crippen MR) is 109 cm³/mol. The largest absolute Gasteiger partial charge is 0.573 e. The molecule has 33 heavy (non-hydrogen) atoms. The van der Waals surface area contributed by atoms with Crippen LogP contribution in [0.1, 0.15) is 53.7 Å². The first-order valence-electron chi connectivity index (χ1n) is 10.1. The standard InChI is InChI=1S/C23H19F4NO5/c1-11-21(32-12(2)29)18-17(10-16(13-4-3-5-13)20(30)19(18)24)28(11)22(31)14-6-8-15(9-7-14)33-23(25,26)27/h6-10,13,30H,3-5H2,1-2H3. The van der Waals surface area contributed by atoms with Crippen LogP contribution in [-0.2, 0) is 4.79 Å². The second-order valence-corrected chi connectivity index (χ2v) is 7.87. The summed E-state index contributed by atoms with van der Waals surface area (Å²) in [7, 11) is 0. The molecule has 1 aliphatic carbocycles. The quantitative estimate of drug-likeness (QED) is 0.402. The molecular weight excluding hydrogens is 446 g/mol. The molecule has 6 nitrogen and oxygen atoms in total. The summed E-state index contributed by atoms with van der Waals surface area (Å²) >= 11 is 0. The molecule has 0 aliphatic heterocycles. The highest BCUT2D eigenvalue weighted by atomic mass is 19.4. The topological polar surface area (TPSA) is 77.8 Å². The Morgan fingerprint density at radius 1 is 1.15 bits per heavy atom. The van der Waals surface area contributed by atoms with Gasteiger partial charge in [0.2, 0.25) is 0 Å². The van der Waals surface area contributed by atoms with Crippen molar-refractivity contribution in [3.8, 4) is 17.2 Å². The Labute approximate surface area is 185 Å². The number of carbonyl (C=O) groups is 2. The molecule has 3 aromatic rings. The number of fused-ring (bicyclic) bond motifs is 1. The normalized spacial score (nSPS) is 14.2. The van der Waals surface area contributed by atoms with Crippen molar-refractivity contribution in [1.29, 1.82) is 0 Å². The maximum Gasteiger partial charge on any atom is 0.573 e. The number of rotatable bonds is 4. The minimum absolute atomic E-state index is 0.00224. The number of hydrogen-bond acceptors (Lipinski definition) is 5. The average Bonchev–Trinajstić information content (AvgIpc) is 2.94. The lowest BCUT2D eigenvalue weighted by atomic mass is 9.79. The molecule has 0 spiro atoms. The van der Waals surface area contributed by atoms with Crippen LogP contribution in [0.15, 0.2) is 30.3 Å². The molecule has 0 bridgehead atoms. The van der Waals surface area contributed by atoms with Gasteiger partial charge >= 0.3 is 12.3 Å². The van der Waals surface area contributed by atoms with E-state index in [1.54, 1.807) is 0 Å². The van der Waals surface area contributed by atoms with Crippen molar-refractivity contribution in [3.05, 3.63) is 53.0 Å². The van der Waals surface area contributed by atoms with Gasteiger partial charge in [-0.2, -0.15) is 0 Å². The lowest BCUT2D eigenvalue weighted by Crippen LogP contribution is -2.17. The van der Waals surface area contributed by atoms with Gasteiger partial charge in [-0.05, 0) is 56.0 Å². The minimum Gasteiger partial charge on any atom is -0.505 e. The highest BCUT2D eigenvalue weighted by Gasteiger charge is 2.32. The molecule has 0 amide bonds. The fourth-order valence-corrected chi connectivity index (χ4v) is 3.99. The predicted octanol–water partition coefficient (Wildman–Crippen LogP) is 5.57. The molecule has 10 heteroatoms. The number of alkyl halides is 3. The molecule has 0 radical (unpaired) electrons. The van der Waals surface area contributed by atoms with Crippen LogP contribution in [0, 0.1) is 12.7 Å². The monoisotopic (exact) mass is 465 g/mol. The van der Waals surface area contributed by atoms with Crippen LogP contribution >= 0.6 is 0 Å². The highest BCUT2D eigenvalue weighted by Crippen LogP contribution is 2.46. The zero-order valence-corrected chi connectivity index (χ0v) is 17.6. The number of halogens is 4. The lowest BCUT2D eigenvalue weighted by Gasteiger charge is -2.26. The number of nitrogens with zero attached hydrogens (tertiary/aromatic N) is 1. The van der Waals surface area contributed by atoms with Crippen molar-refractivity contribution in [3.63, 3.8) is 0 Å². The van der Waals surface area contributed by atoms with E-state index in [1.807, 2.05) is 0 Å². The van der Waals surface area contributed by atoms with E-state index in [0.717, 1.165) is 55.0 Å². The maximum atomic E-state index is 15.3. The van der Waals surface area contributed by atoms with E-state index in [2.05, 4.69) is 4.74 Å². The van der Waals surface area contributed by atoms with Crippen molar-refractivity contribution in [2.24, 2.45) is 0 Å². The Morgan fingerprint density at radius 2 is 1.79 bits per heavy atom. The third kappa shape index (κ3) is 4.12. The van der Waals surface area contributed by atoms with Crippen LogP contribution in [-0.4, -0.2) is 27.9 Å². The number of aromatic nitrogens is 1. The van der Waals surface area contributed by atoms with Crippen molar-refractivity contribution in [1.82, 2.24) is 4.57 Å². The van der Waals surface area contributed by atoms with E-state index < -0.39 is 35.6 Å². The van der Waals surface area contributed by atoms with Crippen molar-refractivity contribution in [2.45, 2.75) is 45.4 Å². The van der Waals surface area contributed by atoms with Crippen LogP contribution in [0.3, 0.4) is 0 Å². The molecule has 1 N–H and O–H groups in total. The van der Waals surface area contributed by atoms with Crippen LogP contribution in [0.5, 0.6) is 17.2 Å². The van der Waals surface area contributed by atoms with E-state index in [1.165, 1.54) is 13.0 Å². The number of phenols is 1. The molecule has 174 valence electrons. The van der Waals surface area contributed by atoms with E-state index in [-0.39, 0.29) is 33.8 Å². The molecule has 0 atom stereocenters.